The lowest BCUT2D eigenvalue weighted by molar-refractivity contribution is -0.146. The molecule has 2 rings (SSSR count). The summed E-state index contributed by atoms with van der Waals surface area (Å²) in [4.78, 5) is 37.6. The molecule has 2 atom stereocenters. The van der Waals surface area contributed by atoms with Crippen LogP contribution in [0.2, 0.25) is 0 Å². The Kier molecular flexibility index (Phi) is 6.47. The zero-order valence-corrected chi connectivity index (χ0v) is 15.9. The molecule has 1 saturated carbocycles. The molecule has 1 heterocycles. The average molecular weight is 372 g/mol. The summed E-state index contributed by atoms with van der Waals surface area (Å²) in [6.07, 6.45) is 0.657. The van der Waals surface area contributed by atoms with Crippen LogP contribution in [0.1, 0.15) is 52.9 Å². The van der Waals surface area contributed by atoms with Gasteiger partial charge >= 0.3 is 12.1 Å². The average Bonchev–Trinajstić information content (AvgIpc) is 2.95. The number of nitrogens with zero attached hydrogens (tertiary/aromatic N) is 1. The van der Waals surface area contributed by atoms with Crippen LogP contribution in [0.15, 0.2) is 0 Å². The van der Waals surface area contributed by atoms with Crippen LogP contribution in [-0.2, 0) is 19.1 Å². The van der Waals surface area contributed by atoms with Crippen LogP contribution in [0, 0.1) is 5.92 Å². The first-order valence-electron chi connectivity index (χ1n) is 9.12. The molecule has 0 bridgehead atoms. The largest absolute Gasteiger partial charge is 0.469 e. The quantitative estimate of drug-likeness (QED) is 0.768. The number of esters is 1. The Bertz CT molecular complexity index is 540. The van der Waals surface area contributed by atoms with Gasteiger partial charge in [-0.3, -0.25) is 14.5 Å². The molecule has 7 nitrogen and oxygen atoms in total. The lowest BCUT2D eigenvalue weighted by Gasteiger charge is -2.31. The van der Waals surface area contributed by atoms with E-state index in [4.69, 9.17) is 9.47 Å². The number of hydrogen-bond donors (Lipinski definition) is 1. The van der Waals surface area contributed by atoms with Crippen molar-refractivity contribution in [3.05, 3.63) is 0 Å². The van der Waals surface area contributed by atoms with E-state index in [1.165, 1.54) is 12.0 Å². The van der Waals surface area contributed by atoms with Gasteiger partial charge in [-0.15, -0.1) is 0 Å². The zero-order chi connectivity index (χ0) is 19.5. The van der Waals surface area contributed by atoms with Gasteiger partial charge in [0.25, 0.3) is 0 Å². The Morgan fingerprint density at radius 3 is 2.27 bits per heavy atom. The smallest absolute Gasteiger partial charge is 0.411 e. The number of hydrogen-bond acceptors (Lipinski definition) is 5. The predicted molar refractivity (Wildman–Crippen MR) is 92.1 cm³/mol. The Morgan fingerprint density at radius 1 is 1.12 bits per heavy atom. The maximum absolute atomic E-state index is 13.9. The number of amides is 2. The molecular weight excluding hydrogens is 343 g/mol. The summed E-state index contributed by atoms with van der Waals surface area (Å²) in [7, 11) is 1.37. The number of rotatable bonds is 3. The lowest BCUT2D eigenvalue weighted by Crippen LogP contribution is -2.50. The van der Waals surface area contributed by atoms with Crippen molar-refractivity contribution in [1.82, 2.24) is 10.2 Å². The summed E-state index contributed by atoms with van der Waals surface area (Å²) in [6, 6.07) is -0.944. The van der Waals surface area contributed by atoms with Crippen LogP contribution in [0.4, 0.5) is 9.18 Å². The van der Waals surface area contributed by atoms with Crippen molar-refractivity contribution in [1.29, 1.82) is 0 Å². The third-order valence-corrected chi connectivity index (χ3v) is 4.79. The van der Waals surface area contributed by atoms with E-state index in [1.54, 1.807) is 20.8 Å². The highest BCUT2D eigenvalue weighted by molar-refractivity contribution is 5.86. The van der Waals surface area contributed by atoms with Gasteiger partial charge in [0.2, 0.25) is 5.91 Å². The Morgan fingerprint density at radius 2 is 1.73 bits per heavy atom. The van der Waals surface area contributed by atoms with Crippen molar-refractivity contribution >= 4 is 18.0 Å². The maximum Gasteiger partial charge on any atom is 0.411 e. The van der Waals surface area contributed by atoms with Gasteiger partial charge in [0, 0.05) is 12.5 Å². The Hall–Kier alpha value is -1.86. The highest BCUT2D eigenvalue weighted by atomic mass is 19.1. The molecule has 1 aliphatic heterocycles. The van der Waals surface area contributed by atoms with Crippen molar-refractivity contribution in [3.8, 4) is 0 Å². The molecule has 26 heavy (non-hydrogen) atoms. The third kappa shape index (κ3) is 5.32. The molecule has 0 radical (unpaired) electrons. The second kappa shape index (κ2) is 8.22. The molecule has 2 amide bonds. The van der Waals surface area contributed by atoms with Crippen LogP contribution in [0.3, 0.4) is 0 Å². The molecule has 8 heteroatoms. The van der Waals surface area contributed by atoms with Crippen molar-refractivity contribution in [2.75, 3.05) is 13.7 Å². The Balaban J connectivity index is 1.91. The van der Waals surface area contributed by atoms with E-state index in [0.717, 1.165) is 0 Å². The lowest BCUT2D eigenvalue weighted by atomic mass is 9.86. The van der Waals surface area contributed by atoms with E-state index in [0.29, 0.717) is 25.7 Å². The molecule has 1 saturated heterocycles. The molecule has 2 fully saturated rings. The highest BCUT2D eigenvalue weighted by Gasteiger charge is 2.42. The number of carbonyl (C=O) groups excluding carboxylic acids is 3. The second-order valence-corrected chi connectivity index (χ2v) is 8.06. The van der Waals surface area contributed by atoms with Gasteiger partial charge in [-0.2, -0.15) is 0 Å². The fraction of sp³-hybridized carbons (Fsp3) is 0.833. The van der Waals surface area contributed by atoms with E-state index in [-0.39, 0.29) is 36.8 Å². The third-order valence-electron chi connectivity index (χ3n) is 4.79. The molecule has 0 aromatic heterocycles. The molecule has 148 valence electrons. The summed E-state index contributed by atoms with van der Waals surface area (Å²) in [5.74, 6) is -0.715. The normalized spacial score (nSPS) is 29.2. The molecule has 2 aliphatic rings. The van der Waals surface area contributed by atoms with E-state index in [2.05, 4.69) is 5.32 Å². The van der Waals surface area contributed by atoms with Gasteiger partial charge in [-0.25, -0.2) is 9.18 Å². The summed E-state index contributed by atoms with van der Waals surface area (Å²) < 4.78 is 23.9. The summed E-state index contributed by atoms with van der Waals surface area (Å²) in [5.41, 5.74) is -0.710. The second-order valence-electron chi connectivity index (χ2n) is 8.06. The molecule has 0 unspecified atom stereocenters. The van der Waals surface area contributed by atoms with Crippen molar-refractivity contribution in [3.63, 3.8) is 0 Å². The summed E-state index contributed by atoms with van der Waals surface area (Å²) >= 11 is 0. The first-order chi connectivity index (χ1) is 12.1. The van der Waals surface area contributed by atoms with Crippen molar-refractivity contribution in [2.45, 2.75) is 76.7 Å². The first kappa shape index (κ1) is 20.5. The fourth-order valence-electron chi connectivity index (χ4n) is 3.49. The standard InChI is InChI=1S/C18H29FN2O5/c1-18(2,3)26-17(24)21-10-12(19)9-14(21)15(22)20-13-7-5-11(6-8-13)16(23)25-4/h11-14H,5-10H2,1-4H3,(H,20,22)/t11-,12-,13-,14-/m0/s1. The van der Waals surface area contributed by atoms with Gasteiger partial charge in [-0.1, -0.05) is 0 Å². The minimum absolute atomic E-state index is 0.0252. The minimum Gasteiger partial charge on any atom is -0.469 e. The Labute approximate surface area is 153 Å². The number of halogens is 1. The number of carbonyl (C=O) groups is 3. The molecule has 0 aromatic rings. The monoisotopic (exact) mass is 372 g/mol. The number of nitrogens with one attached hydrogen (secondary N) is 1. The van der Waals surface area contributed by atoms with E-state index < -0.39 is 23.9 Å². The zero-order valence-electron chi connectivity index (χ0n) is 15.9. The van der Waals surface area contributed by atoms with Crippen LogP contribution in [0.5, 0.6) is 0 Å². The number of ether oxygens (including phenoxy) is 2. The first-order valence-corrected chi connectivity index (χ1v) is 9.12. The molecule has 0 spiro atoms. The van der Waals surface area contributed by atoms with Gasteiger partial charge in [0.15, 0.2) is 0 Å². The minimum atomic E-state index is -1.24. The maximum atomic E-state index is 13.9. The fourth-order valence-corrected chi connectivity index (χ4v) is 3.49. The highest BCUT2D eigenvalue weighted by Crippen LogP contribution is 2.27. The molecule has 0 aromatic carbocycles. The van der Waals surface area contributed by atoms with E-state index in [9.17, 15) is 18.8 Å². The van der Waals surface area contributed by atoms with Gasteiger partial charge in [0.05, 0.1) is 19.6 Å². The van der Waals surface area contributed by atoms with E-state index >= 15 is 0 Å². The number of methoxy groups -OCH3 is 1. The number of alkyl halides is 1. The van der Waals surface area contributed by atoms with Crippen LogP contribution in [0.25, 0.3) is 0 Å². The number of likely N-dealkylation sites (tertiary alicyclic amines) is 1. The summed E-state index contributed by atoms with van der Waals surface area (Å²) in [6.45, 7) is 5.04. The summed E-state index contributed by atoms with van der Waals surface area (Å²) in [5, 5.41) is 2.90. The van der Waals surface area contributed by atoms with Gasteiger partial charge < -0.3 is 14.8 Å². The van der Waals surface area contributed by atoms with Gasteiger partial charge in [0.1, 0.15) is 17.8 Å². The van der Waals surface area contributed by atoms with Crippen molar-refractivity contribution < 1.29 is 28.2 Å². The van der Waals surface area contributed by atoms with Crippen LogP contribution < -0.4 is 5.32 Å². The topological polar surface area (TPSA) is 84.9 Å². The predicted octanol–water partition coefficient (Wildman–Crippen LogP) is 2.18. The van der Waals surface area contributed by atoms with Crippen molar-refractivity contribution in [2.24, 2.45) is 5.92 Å². The van der Waals surface area contributed by atoms with Crippen LogP contribution >= 0.6 is 0 Å². The van der Waals surface area contributed by atoms with Gasteiger partial charge in [-0.05, 0) is 46.5 Å². The molecular formula is C18H29FN2O5. The molecule has 1 N–H and O–H groups in total. The van der Waals surface area contributed by atoms with Crippen LogP contribution in [-0.4, -0.2) is 60.4 Å². The van der Waals surface area contributed by atoms with E-state index in [1.807, 2.05) is 0 Å². The molecule has 1 aliphatic carbocycles. The SMILES string of the molecule is COC(=O)[C@H]1CC[C@H](NC(=O)[C@@H]2C[C@H](F)CN2C(=O)OC(C)(C)C)CC1.